The number of rotatable bonds is 4. The molecule has 2 aliphatic heterocycles. The molecule has 138 valence electrons. The van der Waals surface area contributed by atoms with E-state index in [1.54, 1.807) is 0 Å². The van der Waals surface area contributed by atoms with E-state index in [9.17, 15) is 4.79 Å². The highest BCUT2D eigenvalue weighted by Crippen LogP contribution is 2.30. The molecule has 2 saturated heterocycles. The number of hydrogen-bond acceptors (Lipinski definition) is 3. The van der Waals surface area contributed by atoms with Crippen molar-refractivity contribution in [2.45, 2.75) is 57.6 Å². The van der Waals surface area contributed by atoms with Gasteiger partial charge in [0.15, 0.2) is 0 Å². The lowest BCUT2D eigenvalue weighted by atomic mass is 9.89. The summed E-state index contributed by atoms with van der Waals surface area (Å²) in [4.78, 5) is 15.0. The zero-order chi connectivity index (χ0) is 17.8. The lowest BCUT2D eigenvalue weighted by molar-refractivity contribution is 0.0843. The van der Waals surface area contributed by atoms with Gasteiger partial charge < -0.3 is 19.6 Å². The number of carbonyl (C=O) groups is 1. The van der Waals surface area contributed by atoms with Crippen molar-refractivity contribution in [1.29, 1.82) is 0 Å². The molecule has 0 aromatic heterocycles. The van der Waals surface area contributed by atoms with Crippen LogP contribution in [0.25, 0.3) is 0 Å². The average molecular weight is 346 g/mol. The van der Waals surface area contributed by atoms with Gasteiger partial charge in [0.2, 0.25) is 0 Å². The van der Waals surface area contributed by atoms with Crippen molar-refractivity contribution in [2.75, 3.05) is 26.2 Å². The molecule has 0 aliphatic carbocycles. The summed E-state index contributed by atoms with van der Waals surface area (Å²) < 4.78 is 6.16. The molecule has 5 nitrogen and oxygen atoms in total. The molecule has 2 fully saturated rings. The lowest BCUT2D eigenvalue weighted by Gasteiger charge is -2.34. The third-order valence-corrected chi connectivity index (χ3v) is 5.63. The molecule has 2 aliphatic rings. The standard InChI is InChI=1S/C20H30N2O3/c1-15(2)21-13-9-19(10-14-21)25-18-5-3-16(4-6-18)17-7-11-22(12-8-17)20(23)24/h3-6,15,17,19H,7-14H2,1-2H3,(H,23,24). The van der Waals surface area contributed by atoms with Crippen LogP contribution in [-0.4, -0.2) is 59.3 Å². The molecule has 1 amide bonds. The third kappa shape index (κ3) is 4.66. The van der Waals surface area contributed by atoms with Crippen molar-refractivity contribution in [3.8, 4) is 5.75 Å². The van der Waals surface area contributed by atoms with E-state index in [4.69, 9.17) is 9.84 Å². The zero-order valence-corrected chi connectivity index (χ0v) is 15.4. The Bertz CT molecular complexity index is 557. The van der Waals surface area contributed by atoms with Gasteiger partial charge in [0.25, 0.3) is 0 Å². The van der Waals surface area contributed by atoms with E-state index in [0.29, 0.717) is 31.2 Å². The topological polar surface area (TPSA) is 53.0 Å². The van der Waals surface area contributed by atoms with Crippen LogP contribution in [0.15, 0.2) is 24.3 Å². The Morgan fingerprint density at radius 3 is 2.16 bits per heavy atom. The predicted molar refractivity (Wildman–Crippen MR) is 98.4 cm³/mol. The SMILES string of the molecule is CC(C)N1CCC(Oc2ccc(C3CCN(C(=O)O)CC3)cc2)CC1. The second-order valence-corrected chi connectivity index (χ2v) is 7.56. The van der Waals surface area contributed by atoms with Crippen LogP contribution in [0.3, 0.4) is 0 Å². The number of piperidine rings is 2. The number of nitrogens with zero attached hydrogens (tertiary/aromatic N) is 2. The van der Waals surface area contributed by atoms with Crippen LogP contribution in [0.2, 0.25) is 0 Å². The van der Waals surface area contributed by atoms with Crippen molar-refractivity contribution >= 4 is 6.09 Å². The molecule has 1 aromatic carbocycles. The van der Waals surface area contributed by atoms with Crippen molar-refractivity contribution < 1.29 is 14.6 Å². The molecular weight excluding hydrogens is 316 g/mol. The maximum Gasteiger partial charge on any atom is 0.407 e. The van der Waals surface area contributed by atoms with Gasteiger partial charge in [-0.3, -0.25) is 0 Å². The van der Waals surface area contributed by atoms with Crippen LogP contribution in [0.5, 0.6) is 5.75 Å². The van der Waals surface area contributed by atoms with Gasteiger partial charge in [0, 0.05) is 32.2 Å². The highest BCUT2D eigenvalue weighted by molar-refractivity contribution is 5.65. The van der Waals surface area contributed by atoms with Crippen LogP contribution in [0.4, 0.5) is 4.79 Å². The van der Waals surface area contributed by atoms with E-state index >= 15 is 0 Å². The number of benzene rings is 1. The first-order valence-electron chi connectivity index (χ1n) is 9.51. The van der Waals surface area contributed by atoms with E-state index in [2.05, 4.69) is 43.0 Å². The molecular formula is C20H30N2O3. The van der Waals surface area contributed by atoms with Crippen LogP contribution < -0.4 is 4.74 Å². The fraction of sp³-hybridized carbons (Fsp3) is 0.650. The normalized spacial score (nSPS) is 20.8. The zero-order valence-electron chi connectivity index (χ0n) is 15.4. The maximum absolute atomic E-state index is 11.0. The first-order chi connectivity index (χ1) is 12.0. The van der Waals surface area contributed by atoms with Crippen molar-refractivity contribution in [1.82, 2.24) is 9.80 Å². The molecule has 25 heavy (non-hydrogen) atoms. The predicted octanol–water partition coefficient (Wildman–Crippen LogP) is 3.80. The van der Waals surface area contributed by atoms with Gasteiger partial charge in [-0.1, -0.05) is 12.1 Å². The summed E-state index contributed by atoms with van der Waals surface area (Å²) in [5.41, 5.74) is 1.30. The average Bonchev–Trinajstić information content (AvgIpc) is 2.63. The van der Waals surface area contributed by atoms with Gasteiger partial charge in [0.05, 0.1) is 0 Å². The number of hydrogen-bond donors (Lipinski definition) is 1. The first kappa shape index (κ1) is 18.1. The minimum Gasteiger partial charge on any atom is -0.490 e. The largest absolute Gasteiger partial charge is 0.490 e. The summed E-state index contributed by atoms with van der Waals surface area (Å²) in [5, 5.41) is 9.04. The summed E-state index contributed by atoms with van der Waals surface area (Å²) in [6, 6.07) is 9.08. The highest BCUT2D eigenvalue weighted by Gasteiger charge is 2.24. The number of carboxylic acid groups (broad SMARTS) is 1. The van der Waals surface area contributed by atoms with E-state index < -0.39 is 6.09 Å². The molecule has 0 saturated carbocycles. The van der Waals surface area contributed by atoms with Crippen LogP contribution in [0.1, 0.15) is 51.0 Å². The molecule has 1 aromatic rings. The van der Waals surface area contributed by atoms with Crippen LogP contribution in [-0.2, 0) is 0 Å². The fourth-order valence-corrected chi connectivity index (χ4v) is 3.93. The number of ether oxygens (including phenoxy) is 1. The third-order valence-electron chi connectivity index (χ3n) is 5.63. The first-order valence-corrected chi connectivity index (χ1v) is 9.51. The Morgan fingerprint density at radius 2 is 1.64 bits per heavy atom. The Kier molecular flexibility index (Phi) is 5.84. The second kappa shape index (κ2) is 8.09. The minimum absolute atomic E-state index is 0.319. The molecule has 5 heteroatoms. The summed E-state index contributed by atoms with van der Waals surface area (Å²) in [6.07, 6.45) is 3.51. The molecule has 0 spiro atoms. The van der Waals surface area contributed by atoms with Crippen molar-refractivity contribution in [3.05, 3.63) is 29.8 Å². The smallest absolute Gasteiger partial charge is 0.407 e. The fourth-order valence-electron chi connectivity index (χ4n) is 3.93. The van der Waals surface area contributed by atoms with Crippen molar-refractivity contribution in [3.63, 3.8) is 0 Å². The van der Waals surface area contributed by atoms with Gasteiger partial charge >= 0.3 is 6.09 Å². The molecule has 0 bridgehead atoms. The van der Waals surface area contributed by atoms with Crippen LogP contribution >= 0.6 is 0 Å². The van der Waals surface area contributed by atoms with Crippen molar-refractivity contribution in [2.24, 2.45) is 0 Å². The van der Waals surface area contributed by atoms with E-state index in [0.717, 1.165) is 44.5 Å². The van der Waals surface area contributed by atoms with Crippen LogP contribution in [0, 0.1) is 0 Å². The Morgan fingerprint density at radius 1 is 1.04 bits per heavy atom. The summed E-state index contributed by atoms with van der Waals surface area (Å²) in [5.74, 6) is 1.41. The Labute approximate surface area is 150 Å². The van der Waals surface area contributed by atoms with Gasteiger partial charge in [-0.05, 0) is 63.1 Å². The van der Waals surface area contributed by atoms with E-state index in [1.165, 1.54) is 10.5 Å². The Balaban J connectivity index is 1.49. The minimum atomic E-state index is -0.800. The molecule has 0 radical (unpaired) electrons. The number of likely N-dealkylation sites (tertiary alicyclic amines) is 2. The Hall–Kier alpha value is -1.75. The highest BCUT2D eigenvalue weighted by atomic mass is 16.5. The number of amides is 1. The molecule has 1 N–H and O–H groups in total. The van der Waals surface area contributed by atoms with E-state index in [-0.39, 0.29) is 0 Å². The maximum atomic E-state index is 11.0. The second-order valence-electron chi connectivity index (χ2n) is 7.56. The summed E-state index contributed by atoms with van der Waals surface area (Å²) in [6.45, 7) is 7.99. The monoisotopic (exact) mass is 346 g/mol. The molecule has 0 unspecified atom stereocenters. The molecule has 0 atom stereocenters. The lowest BCUT2D eigenvalue weighted by Crippen LogP contribution is -2.41. The summed E-state index contributed by atoms with van der Waals surface area (Å²) >= 11 is 0. The molecule has 2 heterocycles. The van der Waals surface area contributed by atoms with Gasteiger partial charge in [-0.2, -0.15) is 0 Å². The van der Waals surface area contributed by atoms with E-state index in [1.807, 2.05) is 0 Å². The molecule has 3 rings (SSSR count). The van der Waals surface area contributed by atoms with Gasteiger partial charge in [-0.25, -0.2) is 4.79 Å². The summed E-state index contributed by atoms with van der Waals surface area (Å²) in [7, 11) is 0. The van der Waals surface area contributed by atoms with Gasteiger partial charge in [-0.15, -0.1) is 0 Å². The quantitative estimate of drug-likeness (QED) is 0.901. The van der Waals surface area contributed by atoms with Gasteiger partial charge in [0.1, 0.15) is 11.9 Å².